The third kappa shape index (κ3) is 11.3. The topological polar surface area (TPSA) is 135 Å². The maximum atomic E-state index is 14.9. The van der Waals surface area contributed by atoms with Crippen molar-refractivity contribution >= 4 is 36.3 Å². The number of halogens is 1. The monoisotopic (exact) mass is 695 g/mol. The van der Waals surface area contributed by atoms with Gasteiger partial charge in [-0.15, -0.1) is 0 Å². The number of rotatable bonds is 16. The van der Waals surface area contributed by atoms with Gasteiger partial charge in [-0.25, -0.2) is 9.18 Å². The molecule has 3 heterocycles. The number of piperazine rings is 1. The molecule has 5 atom stereocenters. The number of carbonyl (C=O) groups is 4. The standard InChI is InChI=1S/C37H50FN5O7/c1-27(6-8-35(28(2)5-7-33(46)9-18-44)50-37(48)42-16-19-49-20-17-42)34(26-45)29(3)21-30-22-31(38)24-32(23-30)40-12-14-41(15-13-40)36(47)25-43-11-4-10-39-43/h4,6,8,10-11,18,21-24,26-28,33-35,46H,5,7,9,12-17,19-20,25H2,1-3H3/b8-6+,29-21+/t27-,28-,33+,34-,35-/m0/s1. The highest BCUT2D eigenvalue weighted by molar-refractivity contribution is 5.76. The van der Waals surface area contributed by atoms with E-state index in [-0.39, 0.29) is 30.7 Å². The number of hydrogen-bond acceptors (Lipinski definition) is 9. The average molecular weight is 696 g/mol. The minimum absolute atomic E-state index is 0.0145. The molecule has 0 unspecified atom stereocenters. The van der Waals surface area contributed by atoms with Gasteiger partial charge in [-0.2, -0.15) is 5.10 Å². The Morgan fingerprint density at radius 3 is 2.42 bits per heavy atom. The van der Waals surface area contributed by atoms with Crippen LogP contribution in [0.25, 0.3) is 6.08 Å². The van der Waals surface area contributed by atoms with Gasteiger partial charge in [0, 0.05) is 69.7 Å². The van der Waals surface area contributed by atoms with Crippen LogP contribution in [0.4, 0.5) is 14.9 Å². The predicted octanol–water partition coefficient (Wildman–Crippen LogP) is 3.99. The number of anilines is 1. The molecule has 2 aromatic rings. The van der Waals surface area contributed by atoms with E-state index in [4.69, 9.17) is 9.47 Å². The Bertz CT molecular complexity index is 1470. The normalized spacial score (nSPS) is 18.7. The van der Waals surface area contributed by atoms with Gasteiger partial charge in [0.1, 0.15) is 31.0 Å². The van der Waals surface area contributed by atoms with Crippen molar-refractivity contribution in [1.82, 2.24) is 19.6 Å². The van der Waals surface area contributed by atoms with Crippen molar-refractivity contribution in [3.05, 3.63) is 65.8 Å². The molecule has 1 aromatic carbocycles. The molecule has 2 aliphatic heterocycles. The van der Waals surface area contributed by atoms with Crippen molar-refractivity contribution in [2.75, 3.05) is 57.4 Å². The number of allylic oxidation sites excluding steroid dienone is 2. The summed E-state index contributed by atoms with van der Waals surface area (Å²) >= 11 is 0. The smallest absolute Gasteiger partial charge is 0.410 e. The lowest BCUT2D eigenvalue weighted by molar-refractivity contribution is -0.132. The van der Waals surface area contributed by atoms with Gasteiger partial charge in [-0.3, -0.25) is 9.48 Å². The van der Waals surface area contributed by atoms with Crippen LogP contribution in [0.3, 0.4) is 0 Å². The van der Waals surface area contributed by atoms with E-state index in [1.807, 2.05) is 43.9 Å². The molecule has 0 radical (unpaired) electrons. The van der Waals surface area contributed by atoms with Crippen molar-refractivity contribution in [2.24, 2.45) is 17.8 Å². The average Bonchev–Trinajstić information content (AvgIpc) is 3.62. The fourth-order valence-electron chi connectivity index (χ4n) is 6.25. The van der Waals surface area contributed by atoms with Crippen molar-refractivity contribution in [3.8, 4) is 0 Å². The fraction of sp³-hybridized carbons (Fsp3) is 0.541. The molecule has 13 heteroatoms. The molecule has 50 heavy (non-hydrogen) atoms. The molecule has 1 N–H and O–H groups in total. The van der Waals surface area contributed by atoms with Crippen LogP contribution in [0.15, 0.2) is 54.4 Å². The van der Waals surface area contributed by atoms with Gasteiger partial charge in [0.15, 0.2) is 0 Å². The van der Waals surface area contributed by atoms with Gasteiger partial charge in [-0.05, 0) is 67.5 Å². The molecule has 2 aliphatic rings. The van der Waals surface area contributed by atoms with E-state index in [1.165, 1.54) is 12.1 Å². The summed E-state index contributed by atoms with van der Waals surface area (Å²) in [6.45, 7) is 9.70. The Labute approximate surface area is 293 Å². The lowest BCUT2D eigenvalue weighted by Gasteiger charge is -2.36. The highest BCUT2D eigenvalue weighted by Crippen LogP contribution is 2.27. The molecule has 272 valence electrons. The van der Waals surface area contributed by atoms with Crippen molar-refractivity contribution in [3.63, 3.8) is 0 Å². The molecule has 2 saturated heterocycles. The lowest BCUT2D eigenvalue weighted by Crippen LogP contribution is -2.49. The van der Waals surface area contributed by atoms with Crippen LogP contribution in [0.1, 0.15) is 45.6 Å². The van der Waals surface area contributed by atoms with Crippen LogP contribution in [0, 0.1) is 23.6 Å². The molecule has 12 nitrogen and oxygen atoms in total. The van der Waals surface area contributed by atoms with Crippen molar-refractivity contribution < 1.29 is 38.1 Å². The first-order valence-electron chi connectivity index (χ1n) is 17.4. The maximum Gasteiger partial charge on any atom is 0.410 e. The first-order chi connectivity index (χ1) is 24.1. The molecular weight excluding hydrogens is 645 g/mol. The summed E-state index contributed by atoms with van der Waals surface area (Å²) in [5, 5.41) is 14.2. The summed E-state index contributed by atoms with van der Waals surface area (Å²) < 4.78 is 27.7. The molecule has 0 saturated carbocycles. The number of morpholine rings is 1. The van der Waals surface area contributed by atoms with E-state index >= 15 is 0 Å². The first kappa shape index (κ1) is 38.4. The van der Waals surface area contributed by atoms with Crippen molar-refractivity contribution in [1.29, 1.82) is 0 Å². The van der Waals surface area contributed by atoms with Crippen LogP contribution in [-0.4, -0.2) is 114 Å². The number of aldehydes is 2. The zero-order valence-corrected chi connectivity index (χ0v) is 29.2. The van der Waals surface area contributed by atoms with Gasteiger partial charge in [0.2, 0.25) is 5.91 Å². The summed E-state index contributed by atoms with van der Waals surface area (Å²) in [5.41, 5.74) is 2.07. The van der Waals surface area contributed by atoms with E-state index in [2.05, 4.69) is 5.10 Å². The Hall–Kier alpha value is -4.36. The van der Waals surface area contributed by atoms with Gasteiger partial charge >= 0.3 is 6.09 Å². The van der Waals surface area contributed by atoms with Gasteiger partial charge in [0.25, 0.3) is 0 Å². The highest BCUT2D eigenvalue weighted by Gasteiger charge is 2.26. The zero-order valence-electron chi connectivity index (χ0n) is 29.2. The summed E-state index contributed by atoms with van der Waals surface area (Å²) in [7, 11) is 0. The Morgan fingerprint density at radius 2 is 1.76 bits per heavy atom. The third-order valence-electron chi connectivity index (χ3n) is 9.39. The second-order valence-electron chi connectivity index (χ2n) is 13.2. The number of ether oxygens (including phenoxy) is 2. The van der Waals surface area contributed by atoms with Crippen LogP contribution in [0.2, 0.25) is 0 Å². The maximum absolute atomic E-state index is 14.9. The molecule has 4 rings (SSSR count). The number of nitrogens with zero attached hydrogens (tertiary/aromatic N) is 5. The minimum Gasteiger partial charge on any atom is -0.442 e. The summed E-state index contributed by atoms with van der Waals surface area (Å²) in [6, 6.07) is 6.57. The van der Waals surface area contributed by atoms with E-state index in [1.54, 1.807) is 39.0 Å². The zero-order chi connectivity index (χ0) is 36.0. The number of aromatic nitrogens is 2. The molecule has 0 bridgehead atoms. The summed E-state index contributed by atoms with van der Waals surface area (Å²) in [4.78, 5) is 54.3. The van der Waals surface area contributed by atoms with Crippen LogP contribution in [-0.2, 0) is 30.4 Å². The molecule has 1 aromatic heterocycles. The van der Waals surface area contributed by atoms with Crippen LogP contribution in [0.5, 0.6) is 0 Å². The summed E-state index contributed by atoms with van der Waals surface area (Å²) in [5.74, 6) is -1.38. The van der Waals surface area contributed by atoms with Crippen LogP contribution < -0.4 is 4.90 Å². The minimum atomic E-state index is -0.768. The molecule has 0 aliphatic carbocycles. The quantitative estimate of drug-likeness (QED) is 0.205. The number of hydrogen-bond donors (Lipinski definition) is 1. The van der Waals surface area contributed by atoms with Gasteiger partial charge in [0.05, 0.1) is 19.3 Å². The van der Waals surface area contributed by atoms with Gasteiger partial charge < -0.3 is 38.9 Å². The number of carbonyl (C=O) groups excluding carboxylic acids is 4. The largest absolute Gasteiger partial charge is 0.442 e. The third-order valence-corrected chi connectivity index (χ3v) is 9.39. The second-order valence-corrected chi connectivity index (χ2v) is 13.2. The number of benzene rings is 1. The van der Waals surface area contributed by atoms with E-state index in [0.29, 0.717) is 82.9 Å². The Morgan fingerprint density at radius 1 is 1.02 bits per heavy atom. The highest BCUT2D eigenvalue weighted by atomic mass is 19.1. The molecule has 0 spiro atoms. The molecule has 2 fully saturated rings. The number of aliphatic hydroxyl groups excluding tert-OH is 1. The van der Waals surface area contributed by atoms with E-state index < -0.39 is 30.0 Å². The van der Waals surface area contributed by atoms with Crippen molar-refractivity contribution in [2.45, 2.75) is 58.8 Å². The number of amides is 2. The van der Waals surface area contributed by atoms with Gasteiger partial charge in [-0.1, -0.05) is 31.6 Å². The van der Waals surface area contributed by atoms with Crippen LogP contribution >= 0.6 is 0 Å². The lowest BCUT2D eigenvalue weighted by atomic mass is 9.86. The number of aliphatic hydroxyl groups is 1. The summed E-state index contributed by atoms with van der Waals surface area (Å²) in [6.07, 6.45) is 9.49. The van der Waals surface area contributed by atoms with E-state index in [0.717, 1.165) is 11.9 Å². The SMILES string of the molecule is C/C(=C\c1cc(F)cc(N2CCN(C(=O)Cn3cccn3)CC2)c1)[C@@H](C=O)[C@@H](C)/C=C/[C@H](OC(=O)N1CCOCC1)[C@@H](C)CC[C@@H](O)CC=O. The predicted molar refractivity (Wildman–Crippen MR) is 187 cm³/mol. The fourth-order valence-corrected chi connectivity index (χ4v) is 6.25. The molecule has 2 amide bonds. The Kier molecular flexibility index (Phi) is 14.7. The first-order valence-corrected chi connectivity index (χ1v) is 17.4. The second kappa shape index (κ2) is 19.1. The van der Waals surface area contributed by atoms with E-state index in [9.17, 15) is 28.7 Å². The molecular formula is C37H50FN5O7. The Balaban J connectivity index is 1.42.